The molecule has 1 aliphatic rings. The third kappa shape index (κ3) is 7.64. The van der Waals surface area contributed by atoms with E-state index in [0.717, 1.165) is 5.56 Å². The Kier molecular flexibility index (Phi) is 9.55. The average Bonchev–Trinajstić information content (AvgIpc) is 3.15. The molecule has 30 heavy (non-hydrogen) atoms. The Balaban J connectivity index is 1.98. The van der Waals surface area contributed by atoms with Crippen LogP contribution in [0.1, 0.15) is 25.3 Å². The van der Waals surface area contributed by atoms with Crippen molar-refractivity contribution in [3.8, 4) is 0 Å². The number of amides is 2. The number of oxime groups is 1. The Morgan fingerprint density at radius 1 is 1.23 bits per heavy atom. The number of esters is 1. The van der Waals surface area contributed by atoms with Crippen LogP contribution in [0.3, 0.4) is 0 Å². The van der Waals surface area contributed by atoms with E-state index >= 15 is 0 Å². The maximum Gasteiger partial charge on any atom is 0.408 e. The molecule has 3 atom stereocenters. The van der Waals surface area contributed by atoms with Gasteiger partial charge in [0.15, 0.2) is 6.04 Å². The number of aliphatic hydroxyl groups is 1. The van der Waals surface area contributed by atoms with Gasteiger partial charge in [-0.15, -0.1) is 0 Å². The lowest BCUT2D eigenvalue weighted by Crippen LogP contribution is -2.54. The number of benzene rings is 1. The number of nitrogens with one attached hydrogen (secondary N) is 2. The molecule has 0 bridgehead atoms. The number of aliphatic hydroxyl groups excluding tert-OH is 1. The highest BCUT2D eigenvalue weighted by atomic mass is 79.9. The Bertz CT molecular complexity index is 760. The number of hydrogen-bond donors (Lipinski definition) is 3. The molecular formula is C19H24BrN3O7. The molecule has 2 rings (SSSR count). The summed E-state index contributed by atoms with van der Waals surface area (Å²) in [6.07, 6.45) is -0.772. The van der Waals surface area contributed by atoms with Crippen LogP contribution in [0.25, 0.3) is 0 Å². The molecule has 11 heteroatoms. The van der Waals surface area contributed by atoms with Gasteiger partial charge in [-0.25, -0.2) is 9.59 Å². The molecule has 2 amide bonds. The van der Waals surface area contributed by atoms with E-state index in [0.29, 0.717) is 11.0 Å². The van der Waals surface area contributed by atoms with Gasteiger partial charge in [-0.2, -0.15) is 0 Å². The van der Waals surface area contributed by atoms with Crippen LogP contribution < -0.4 is 10.6 Å². The third-order valence-electron chi connectivity index (χ3n) is 4.09. The first-order valence-corrected chi connectivity index (χ1v) is 10.2. The van der Waals surface area contributed by atoms with Gasteiger partial charge in [0.2, 0.25) is 5.91 Å². The van der Waals surface area contributed by atoms with Crippen molar-refractivity contribution in [2.75, 3.05) is 13.2 Å². The lowest BCUT2D eigenvalue weighted by atomic mass is 10.1. The Hall–Kier alpha value is -2.66. The highest BCUT2D eigenvalue weighted by Crippen LogP contribution is 2.19. The van der Waals surface area contributed by atoms with Crippen LogP contribution in [0.2, 0.25) is 0 Å². The zero-order valence-corrected chi connectivity index (χ0v) is 18.0. The van der Waals surface area contributed by atoms with Gasteiger partial charge in [-0.05, 0) is 28.4 Å². The van der Waals surface area contributed by atoms with Crippen LogP contribution in [0.5, 0.6) is 0 Å². The molecule has 0 saturated heterocycles. The number of nitrogens with zero attached hydrogens (tertiary/aromatic N) is 1. The predicted molar refractivity (Wildman–Crippen MR) is 110 cm³/mol. The van der Waals surface area contributed by atoms with Crippen LogP contribution >= 0.6 is 15.9 Å². The summed E-state index contributed by atoms with van der Waals surface area (Å²) in [5.41, 5.74) is 0.785. The number of halogens is 1. The normalized spacial score (nSPS) is 17.2. The van der Waals surface area contributed by atoms with Gasteiger partial charge < -0.3 is 30.1 Å². The molecule has 0 radical (unpaired) electrons. The zero-order valence-electron chi connectivity index (χ0n) is 16.4. The van der Waals surface area contributed by atoms with Crippen molar-refractivity contribution < 1.29 is 33.8 Å². The quantitative estimate of drug-likeness (QED) is 0.423. The van der Waals surface area contributed by atoms with Crippen LogP contribution in [-0.2, 0) is 30.5 Å². The first-order valence-electron chi connectivity index (χ1n) is 9.36. The number of rotatable bonds is 10. The molecule has 2 unspecified atom stereocenters. The lowest BCUT2D eigenvalue weighted by molar-refractivity contribution is -0.148. The number of carbonyl (C=O) groups excluding carboxylic acids is 3. The zero-order chi connectivity index (χ0) is 21.9. The van der Waals surface area contributed by atoms with E-state index in [1.807, 2.05) is 18.2 Å². The monoisotopic (exact) mass is 485 g/mol. The van der Waals surface area contributed by atoms with Crippen molar-refractivity contribution in [1.82, 2.24) is 10.6 Å². The van der Waals surface area contributed by atoms with Crippen LogP contribution in [0, 0.1) is 0 Å². The number of hydrogen-bond acceptors (Lipinski definition) is 8. The molecule has 1 aromatic carbocycles. The van der Waals surface area contributed by atoms with Crippen molar-refractivity contribution in [3.05, 3.63) is 35.9 Å². The molecule has 164 valence electrons. The lowest BCUT2D eigenvalue weighted by Gasteiger charge is -2.22. The standard InChI is InChI=1S/C19H24BrN3O7/c1-2-28-18(26)15(10-24)21-17(25)14(8-13-9-16(20)23-30-13)22-19(27)29-11-12-6-4-3-5-7-12/h3-7,13-15,24H,2,8-11H2,1H3,(H,21,25)(H,22,27)/t13?,14?,15-/m0/s1. The molecule has 0 aromatic heterocycles. The molecule has 0 aliphatic carbocycles. The summed E-state index contributed by atoms with van der Waals surface area (Å²) in [6.45, 7) is 1.08. The maximum absolute atomic E-state index is 12.7. The van der Waals surface area contributed by atoms with Gasteiger partial charge in [-0.3, -0.25) is 4.79 Å². The van der Waals surface area contributed by atoms with E-state index < -0.39 is 42.8 Å². The molecule has 0 fully saturated rings. The summed E-state index contributed by atoms with van der Waals surface area (Å²) in [5, 5.41) is 18.0. The van der Waals surface area contributed by atoms with Gasteiger partial charge >= 0.3 is 12.1 Å². The second-order valence-corrected chi connectivity index (χ2v) is 7.30. The van der Waals surface area contributed by atoms with Crippen LogP contribution in [0.4, 0.5) is 4.79 Å². The van der Waals surface area contributed by atoms with Gasteiger partial charge in [-0.1, -0.05) is 35.5 Å². The summed E-state index contributed by atoms with van der Waals surface area (Å²) in [5.74, 6) is -1.47. The average molecular weight is 486 g/mol. The highest BCUT2D eigenvalue weighted by Gasteiger charge is 2.32. The fourth-order valence-corrected chi connectivity index (χ4v) is 3.06. The van der Waals surface area contributed by atoms with Gasteiger partial charge in [0.05, 0.1) is 13.2 Å². The summed E-state index contributed by atoms with van der Waals surface area (Å²) in [6, 6.07) is 6.71. The fraction of sp³-hybridized carbons (Fsp3) is 0.474. The van der Waals surface area contributed by atoms with Crippen molar-refractivity contribution in [2.45, 2.75) is 44.6 Å². The van der Waals surface area contributed by atoms with Crippen LogP contribution in [0.15, 0.2) is 35.5 Å². The summed E-state index contributed by atoms with van der Waals surface area (Å²) in [7, 11) is 0. The van der Waals surface area contributed by atoms with Crippen molar-refractivity contribution in [3.63, 3.8) is 0 Å². The Morgan fingerprint density at radius 2 is 1.97 bits per heavy atom. The minimum Gasteiger partial charge on any atom is -0.464 e. The van der Waals surface area contributed by atoms with E-state index in [9.17, 15) is 19.5 Å². The summed E-state index contributed by atoms with van der Waals surface area (Å²) in [4.78, 5) is 42.0. The number of alkyl carbamates (subject to hydrolysis) is 1. The second-order valence-electron chi connectivity index (χ2n) is 6.39. The smallest absolute Gasteiger partial charge is 0.408 e. The molecule has 10 nitrogen and oxygen atoms in total. The van der Waals surface area contributed by atoms with Gasteiger partial charge in [0.1, 0.15) is 23.4 Å². The minimum atomic E-state index is -1.26. The Morgan fingerprint density at radius 3 is 2.57 bits per heavy atom. The SMILES string of the molecule is CCOC(=O)[C@H](CO)NC(=O)C(CC1CC(Br)=NO1)NC(=O)OCc1ccccc1. The van der Waals surface area contributed by atoms with Crippen molar-refractivity contribution >= 4 is 38.5 Å². The maximum atomic E-state index is 12.7. The number of ether oxygens (including phenoxy) is 2. The largest absolute Gasteiger partial charge is 0.464 e. The molecular weight excluding hydrogens is 462 g/mol. The van der Waals surface area contributed by atoms with Gasteiger partial charge in [0, 0.05) is 12.8 Å². The van der Waals surface area contributed by atoms with Crippen molar-refractivity contribution in [1.29, 1.82) is 0 Å². The molecule has 1 aromatic rings. The Labute approximate surface area is 182 Å². The first-order chi connectivity index (χ1) is 14.4. The molecule has 0 spiro atoms. The molecule has 0 saturated carbocycles. The summed E-state index contributed by atoms with van der Waals surface area (Å²) < 4.78 is 10.6. The van der Waals surface area contributed by atoms with E-state index in [-0.39, 0.29) is 19.6 Å². The van der Waals surface area contributed by atoms with E-state index in [1.54, 1.807) is 19.1 Å². The molecule has 1 aliphatic heterocycles. The van der Waals surface area contributed by atoms with E-state index in [1.165, 1.54) is 0 Å². The third-order valence-corrected chi connectivity index (χ3v) is 4.56. The first kappa shape index (κ1) is 23.6. The van der Waals surface area contributed by atoms with Crippen LogP contribution in [-0.4, -0.2) is 59.1 Å². The van der Waals surface area contributed by atoms with E-state index in [4.69, 9.17) is 14.3 Å². The van der Waals surface area contributed by atoms with Crippen molar-refractivity contribution in [2.24, 2.45) is 5.16 Å². The topological polar surface area (TPSA) is 136 Å². The number of carbonyl (C=O) groups is 3. The highest BCUT2D eigenvalue weighted by molar-refractivity contribution is 9.18. The molecule has 3 N–H and O–H groups in total. The predicted octanol–water partition coefficient (Wildman–Crippen LogP) is 1.21. The van der Waals surface area contributed by atoms with Gasteiger partial charge in [0.25, 0.3) is 0 Å². The summed E-state index contributed by atoms with van der Waals surface area (Å²) >= 11 is 3.21. The fourth-order valence-electron chi connectivity index (χ4n) is 2.62. The minimum absolute atomic E-state index is 0.0255. The second kappa shape index (κ2) is 12.1. The molecule has 1 heterocycles. The van der Waals surface area contributed by atoms with E-state index in [2.05, 4.69) is 31.7 Å².